The average Bonchev–Trinajstić information content (AvgIpc) is 3.08. The highest BCUT2D eigenvalue weighted by Crippen LogP contribution is 2.21. The zero-order chi connectivity index (χ0) is 16.1. The van der Waals surface area contributed by atoms with Gasteiger partial charge < -0.3 is 14.7 Å². The summed E-state index contributed by atoms with van der Waals surface area (Å²) in [5.41, 5.74) is 1.07. The van der Waals surface area contributed by atoms with E-state index in [1.165, 1.54) is 25.0 Å². The molecule has 1 saturated carbocycles. The molecular weight excluding hydrogens is 295 g/mol. The molecule has 0 unspecified atom stereocenters. The molecule has 1 aromatic carbocycles. The molecule has 1 atom stereocenters. The summed E-state index contributed by atoms with van der Waals surface area (Å²) in [6.45, 7) is 4.76. The van der Waals surface area contributed by atoms with E-state index in [2.05, 4.69) is 9.80 Å². The van der Waals surface area contributed by atoms with Crippen LogP contribution in [-0.2, 0) is 4.74 Å². The predicted molar refractivity (Wildman–Crippen MR) is 89.3 cm³/mol. The van der Waals surface area contributed by atoms with E-state index in [-0.39, 0.29) is 5.82 Å². The van der Waals surface area contributed by atoms with Crippen LogP contribution in [-0.4, -0.2) is 61.5 Å². The zero-order valence-corrected chi connectivity index (χ0v) is 13.7. The Hall–Kier alpha value is -1.17. The van der Waals surface area contributed by atoms with Gasteiger partial charge in [0.25, 0.3) is 0 Å². The Bertz CT molecular complexity index is 468. The molecule has 0 amide bonds. The number of benzene rings is 1. The largest absolute Gasteiger partial charge is 0.389 e. The number of piperazine rings is 1. The van der Waals surface area contributed by atoms with Crippen molar-refractivity contribution in [1.29, 1.82) is 0 Å². The number of nitrogens with zero attached hydrogens (tertiary/aromatic N) is 2. The van der Waals surface area contributed by atoms with Gasteiger partial charge in [0.05, 0.1) is 18.8 Å². The van der Waals surface area contributed by atoms with Crippen LogP contribution in [0.2, 0.25) is 0 Å². The highest BCUT2D eigenvalue weighted by Gasteiger charge is 2.21. The Morgan fingerprint density at radius 1 is 1.09 bits per heavy atom. The van der Waals surface area contributed by atoms with Crippen molar-refractivity contribution in [3.8, 4) is 0 Å². The Kier molecular flexibility index (Phi) is 5.86. The number of ether oxygens (including phenoxy) is 1. The molecule has 23 heavy (non-hydrogen) atoms. The van der Waals surface area contributed by atoms with E-state index in [1.807, 2.05) is 12.1 Å². The maximum Gasteiger partial charge on any atom is 0.123 e. The van der Waals surface area contributed by atoms with Crippen LogP contribution in [0.4, 0.5) is 10.1 Å². The van der Waals surface area contributed by atoms with E-state index in [0.29, 0.717) is 19.3 Å². The molecule has 2 fully saturated rings. The van der Waals surface area contributed by atoms with E-state index in [9.17, 15) is 9.50 Å². The van der Waals surface area contributed by atoms with Gasteiger partial charge in [0.2, 0.25) is 0 Å². The van der Waals surface area contributed by atoms with Crippen molar-refractivity contribution in [2.75, 3.05) is 44.2 Å². The number of aliphatic hydroxyl groups excluding tert-OH is 1. The maximum atomic E-state index is 13.0. The van der Waals surface area contributed by atoms with Gasteiger partial charge in [-0.3, -0.25) is 4.90 Å². The first-order valence-corrected chi connectivity index (χ1v) is 8.73. The Labute approximate surface area is 137 Å². The monoisotopic (exact) mass is 322 g/mol. The first kappa shape index (κ1) is 16.7. The number of hydrogen-bond donors (Lipinski definition) is 1. The van der Waals surface area contributed by atoms with Crippen molar-refractivity contribution in [1.82, 2.24) is 4.90 Å². The first-order valence-electron chi connectivity index (χ1n) is 8.73. The smallest absolute Gasteiger partial charge is 0.123 e. The standard InChI is InChI=1S/C18H27FN2O2/c19-15-5-7-16(8-6-15)21-11-9-20(10-12-21)13-17(22)14-23-18-3-1-2-4-18/h5-8,17-18,22H,1-4,9-14H2/t17-/m0/s1. The van der Waals surface area contributed by atoms with Crippen molar-refractivity contribution in [3.05, 3.63) is 30.1 Å². The number of β-amino-alcohol motifs (C(OH)–C–C–N with tert-alkyl or cyclic N) is 1. The summed E-state index contributed by atoms with van der Waals surface area (Å²) in [6, 6.07) is 6.67. The van der Waals surface area contributed by atoms with Crippen LogP contribution >= 0.6 is 0 Å². The summed E-state index contributed by atoms with van der Waals surface area (Å²) in [7, 11) is 0. The molecule has 0 radical (unpaired) electrons. The molecule has 128 valence electrons. The molecule has 0 aromatic heterocycles. The highest BCUT2D eigenvalue weighted by atomic mass is 19.1. The van der Waals surface area contributed by atoms with E-state index < -0.39 is 6.10 Å². The molecule has 1 saturated heterocycles. The summed E-state index contributed by atoms with van der Waals surface area (Å²) in [4.78, 5) is 4.54. The van der Waals surface area contributed by atoms with E-state index in [0.717, 1.165) is 44.7 Å². The van der Waals surface area contributed by atoms with Gasteiger partial charge in [0.1, 0.15) is 5.82 Å². The second-order valence-electron chi connectivity index (χ2n) is 6.66. The average molecular weight is 322 g/mol. The molecular formula is C18H27FN2O2. The Morgan fingerprint density at radius 2 is 1.74 bits per heavy atom. The number of anilines is 1. The van der Waals surface area contributed by atoms with Crippen molar-refractivity contribution in [2.24, 2.45) is 0 Å². The fourth-order valence-electron chi connectivity index (χ4n) is 3.49. The van der Waals surface area contributed by atoms with Crippen LogP contribution < -0.4 is 4.90 Å². The number of aliphatic hydroxyl groups is 1. The maximum absolute atomic E-state index is 13.0. The number of rotatable bonds is 6. The minimum Gasteiger partial charge on any atom is -0.389 e. The molecule has 1 aliphatic heterocycles. The second-order valence-corrected chi connectivity index (χ2v) is 6.66. The third-order valence-corrected chi connectivity index (χ3v) is 4.86. The van der Waals surface area contributed by atoms with Crippen molar-refractivity contribution < 1.29 is 14.2 Å². The second kappa shape index (κ2) is 8.08. The van der Waals surface area contributed by atoms with Gasteiger partial charge in [0.15, 0.2) is 0 Å². The van der Waals surface area contributed by atoms with Crippen LogP contribution in [0, 0.1) is 5.82 Å². The van der Waals surface area contributed by atoms with Gasteiger partial charge >= 0.3 is 0 Å². The van der Waals surface area contributed by atoms with Gasteiger partial charge in [-0.05, 0) is 37.1 Å². The lowest BCUT2D eigenvalue weighted by atomic mass is 10.2. The van der Waals surface area contributed by atoms with Crippen molar-refractivity contribution in [3.63, 3.8) is 0 Å². The van der Waals surface area contributed by atoms with Crippen LogP contribution in [0.5, 0.6) is 0 Å². The third kappa shape index (κ3) is 4.90. The van der Waals surface area contributed by atoms with Gasteiger partial charge in [-0.15, -0.1) is 0 Å². The molecule has 2 aliphatic rings. The molecule has 1 N–H and O–H groups in total. The minimum absolute atomic E-state index is 0.197. The lowest BCUT2D eigenvalue weighted by Crippen LogP contribution is -2.49. The molecule has 1 heterocycles. The van der Waals surface area contributed by atoms with Gasteiger partial charge in [-0.1, -0.05) is 12.8 Å². The van der Waals surface area contributed by atoms with Crippen LogP contribution in [0.15, 0.2) is 24.3 Å². The van der Waals surface area contributed by atoms with Crippen molar-refractivity contribution >= 4 is 5.69 Å². The molecule has 3 rings (SSSR count). The minimum atomic E-state index is -0.409. The molecule has 1 aromatic rings. The van der Waals surface area contributed by atoms with E-state index in [1.54, 1.807) is 0 Å². The molecule has 0 spiro atoms. The molecule has 1 aliphatic carbocycles. The molecule has 4 nitrogen and oxygen atoms in total. The first-order chi connectivity index (χ1) is 11.2. The van der Waals surface area contributed by atoms with Crippen LogP contribution in [0.3, 0.4) is 0 Å². The summed E-state index contributed by atoms with van der Waals surface area (Å²) < 4.78 is 18.8. The van der Waals surface area contributed by atoms with Crippen molar-refractivity contribution in [2.45, 2.75) is 37.9 Å². The van der Waals surface area contributed by atoms with Crippen LogP contribution in [0.25, 0.3) is 0 Å². The van der Waals surface area contributed by atoms with E-state index >= 15 is 0 Å². The van der Waals surface area contributed by atoms with Crippen LogP contribution in [0.1, 0.15) is 25.7 Å². The highest BCUT2D eigenvalue weighted by molar-refractivity contribution is 5.46. The van der Waals surface area contributed by atoms with Gasteiger partial charge in [0, 0.05) is 38.4 Å². The zero-order valence-electron chi connectivity index (χ0n) is 13.7. The molecule has 5 heteroatoms. The van der Waals surface area contributed by atoms with E-state index in [4.69, 9.17) is 4.74 Å². The molecule has 0 bridgehead atoms. The summed E-state index contributed by atoms with van der Waals surface area (Å²) in [6.07, 6.45) is 4.75. The summed E-state index contributed by atoms with van der Waals surface area (Å²) in [5.74, 6) is -0.197. The Morgan fingerprint density at radius 3 is 2.39 bits per heavy atom. The fourth-order valence-corrected chi connectivity index (χ4v) is 3.49. The fraction of sp³-hybridized carbons (Fsp3) is 0.667. The third-order valence-electron chi connectivity index (χ3n) is 4.86. The topological polar surface area (TPSA) is 35.9 Å². The van der Waals surface area contributed by atoms with Gasteiger partial charge in [-0.25, -0.2) is 4.39 Å². The summed E-state index contributed by atoms with van der Waals surface area (Å²) in [5, 5.41) is 10.2. The lowest BCUT2D eigenvalue weighted by molar-refractivity contribution is -0.0188. The lowest BCUT2D eigenvalue weighted by Gasteiger charge is -2.37. The number of halogens is 1. The summed E-state index contributed by atoms with van der Waals surface area (Å²) >= 11 is 0. The Balaban J connectivity index is 1.37. The normalized spacial score (nSPS) is 21.7. The predicted octanol–water partition coefficient (Wildman–Crippen LogP) is 2.27. The number of hydrogen-bond acceptors (Lipinski definition) is 4. The SMILES string of the molecule is O[C@H](COC1CCCC1)CN1CCN(c2ccc(F)cc2)CC1. The quantitative estimate of drug-likeness (QED) is 0.871. The van der Waals surface area contributed by atoms with Gasteiger partial charge in [-0.2, -0.15) is 0 Å².